The minimum absolute atomic E-state index is 0.0510. The van der Waals surface area contributed by atoms with Crippen LogP contribution < -0.4 is 0 Å². The van der Waals surface area contributed by atoms with Gasteiger partial charge in [0.05, 0.1) is 0 Å². The summed E-state index contributed by atoms with van der Waals surface area (Å²) in [6.07, 6.45) is -0.149. The van der Waals surface area contributed by atoms with Crippen molar-refractivity contribution in [1.82, 2.24) is 14.7 Å². The van der Waals surface area contributed by atoms with Crippen molar-refractivity contribution in [2.24, 2.45) is 0 Å². The van der Waals surface area contributed by atoms with Crippen LogP contribution in [-0.2, 0) is 9.53 Å². The van der Waals surface area contributed by atoms with Crippen LogP contribution in [0.3, 0.4) is 0 Å². The third-order valence-electron chi connectivity index (χ3n) is 3.56. The van der Waals surface area contributed by atoms with Gasteiger partial charge >= 0.3 is 5.97 Å². The Labute approximate surface area is 96.9 Å². The summed E-state index contributed by atoms with van der Waals surface area (Å²) in [5.41, 5.74) is 0. The minimum atomic E-state index is -0.149. The molecule has 0 amide bonds. The van der Waals surface area contributed by atoms with Crippen molar-refractivity contribution in [3.63, 3.8) is 0 Å². The molecule has 3 aliphatic rings. The first kappa shape index (κ1) is 11.8. The number of esters is 1. The van der Waals surface area contributed by atoms with Gasteiger partial charge in [-0.25, -0.2) is 0 Å². The van der Waals surface area contributed by atoms with E-state index >= 15 is 0 Å². The molecule has 5 nitrogen and oxygen atoms in total. The Hall–Kier alpha value is -0.650. The van der Waals surface area contributed by atoms with E-state index in [0.717, 1.165) is 32.7 Å². The Kier molecular flexibility index (Phi) is 3.47. The highest BCUT2D eigenvalue weighted by atomic mass is 16.6. The second-order valence-corrected chi connectivity index (χ2v) is 4.85. The van der Waals surface area contributed by atoms with Gasteiger partial charge in [0.15, 0.2) is 6.23 Å². The number of piperazine rings is 3. The molecule has 92 valence electrons. The fourth-order valence-corrected chi connectivity index (χ4v) is 2.19. The van der Waals surface area contributed by atoms with E-state index in [-0.39, 0.29) is 18.2 Å². The largest absolute Gasteiger partial charge is 0.445 e. The van der Waals surface area contributed by atoms with Gasteiger partial charge in [0.1, 0.15) is 6.04 Å². The van der Waals surface area contributed by atoms with Gasteiger partial charge in [-0.3, -0.25) is 19.5 Å². The highest BCUT2D eigenvalue weighted by Gasteiger charge is 2.37. The van der Waals surface area contributed by atoms with Crippen LogP contribution in [0, 0.1) is 0 Å². The summed E-state index contributed by atoms with van der Waals surface area (Å²) in [7, 11) is 3.82. The maximum absolute atomic E-state index is 12.0. The molecule has 0 saturated carbocycles. The van der Waals surface area contributed by atoms with E-state index in [0.29, 0.717) is 0 Å². The van der Waals surface area contributed by atoms with Gasteiger partial charge in [-0.15, -0.1) is 0 Å². The molecule has 3 aliphatic heterocycles. The van der Waals surface area contributed by atoms with Crippen molar-refractivity contribution in [2.75, 3.05) is 46.8 Å². The Balaban J connectivity index is 1.90. The summed E-state index contributed by atoms with van der Waals surface area (Å²) in [6, 6.07) is -0.0510. The standard InChI is InChI=1S/C11H21N3O2/c1-9(12(2)3)16-11(15)10-8-13-4-6-14(10)7-5-13/h9-10H,4-8H2,1-3H3. The lowest BCUT2D eigenvalue weighted by molar-refractivity contribution is -0.167. The van der Waals surface area contributed by atoms with Crippen molar-refractivity contribution in [3.05, 3.63) is 0 Å². The second kappa shape index (κ2) is 4.69. The molecule has 2 atom stereocenters. The van der Waals surface area contributed by atoms with E-state index in [2.05, 4.69) is 9.80 Å². The number of fused-ring (bicyclic) bond motifs is 3. The van der Waals surface area contributed by atoms with Crippen molar-refractivity contribution < 1.29 is 9.53 Å². The number of hydrogen-bond acceptors (Lipinski definition) is 5. The van der Waals surface area contributed by atoms with E-state index in [9.17, 15) is 4.79 Å². The first-order chi connectivity index (χ1) is 7.58. The lowest BCUT2D eigenvalue weighted by Gasteiger charge is -2.46. The molecule has 3 saturated heterocycles. The summed E-state index contributed by atoms with van der Waals surface area (Å²) in [5, 5.41) is 0. The maximum atomic E-state index is 12.0. The lowest BCUT2D eigenvalue weighted by Crippen LogP contribution is -2.63. The molecule has 3 heterocycles. The molecule has 2 unspecified atom stereocenters. The van der Waals surface area contributed by atoms with Crippen LogP contribution in [0.5, 0.6) is 0 Å². The molecule has 0 aromatic rings. The number of rotatable bonds is 3. The van der Waals surface area contributed by atoms with Crippen molar-refractivity contribution in [2.45, 2.75) is 19.2 Å². The number of ether oxygens (including phenoxy) is 1. The van der Waals surface area contributed by atoms with Crippen LogP contribution >= 0.6 is 0 Å². The van der Waals surface area contributed by atoms with Gasteiger partial charge in [0, 0.05) is 32.7 Å². The average Bonchev–Trinajstić information content (AvgIpc) is 2.30. The molecule has 0 N–H and O–H groups in total. The number of nitrogens with zero attached hydrogens (tertiary/aromatic N) is 3. The summed E-state index contributed by atoms with van der Waals surface area (Å²) in [5.74, 6) is -0.0781. The fraction of sp³-hybridized carbons (Fsp3) is 0.909. The van der Waals surface area contributed by atoms with Crippen molar-refractivity contribution in [1.29, 1.82) is 0 Å². The van der Waals surface area contributed by atoms with E-state index in [1.54, 1.807) is 0 Å². The molecular weight excluding hydrogens is 206 g/mol. The molecule has 0 aromatic heterocycles. The van der Waals surface area contributed by atoms with E-state index < -0.39 is 0 Å². The summed E-state index contributed by atoms with van der Waals surface area (Å²) in [4.78, 5) is 18.5. The monoisotopic (exact) mass is 227 g/mol. The Morgan fingerprint density at radius 3 is 2.38 bits per heavy atom. The van der Waals surface area contributed by atoms with E-state index in [1.165, 1.54) is 0 Å². The Morgan fingerprint density at radius 2 is 1.94 bits per heavy atom. The zero-order valence-electron chi connectivity index (χ0n) is 10.3. The predicted octanol–water partition coefficient (Wildman–Crippen LogP) is -0.563. The van der Waals surface area contributed by atoms with Gasteiger partial charge in [-0.05, 0) is 21.0 Å². The molecule has 0 radical (unpaired) electrons. The molecule has 5 heteroatoms. The minimum Gasteiger partial charge on any atom is -0.445 e. The first-order valence-corrected chi connectivity index (χ1v) is 5.91. The summed E-state index contributed by atoms with van der Waals surface area (Å²) < 4.78 is 5.42. The zero-order chi connectivity index (χ0) is 11.7. The average molecular weight is 227 g/mol. The molecule has 16 heavy (non-hydrogen) atoms. The number of carbonyl (C=O) groups is 1. The Morgan fingerprint density at radius 1 is 1.31 bits per heavy atom. The van der Waals surface area contributed by atoms with Crippen LogP contribution in [0.4, 0.5) is 0 Å². The van der Waals surface area contributed by atoms with Crippen LogP contribution in [0.25, 0.3) is 0 Å². The third-order valence-corrected chi connectivity index (χ3v) is 3.56. The SMILES string of the molecule is CC(OC(=O)C1CN2CCN1CC2)N(C)C. The van der Waals surface area contributed by atoms with Gasteiger partial charge < -0.3 is 4.74 Å². The number of carbonyl (C=O) groups excluding carboxylic acids is 1. The third kappa shape index (κ3) is 2.36. The zero-order valence-corrected chi connectivity index (χ0v) is 10.3. The van der Waals surface area contributed by atoms with Gasteiger partial charge in [-0.2, -0.15) is 0 Å². The molecule has 2 bridgehead atoms. The molecule has 3 rings (SSSR count). The van der Waals surface area contributed by atoms with Crippen LogP contribution in [-0.4, -0.2) is 79.8 Å². The van der Waals surface area contributed by atoms with Crippen molar-refractivity contribution in [3.8, 4) is 0 Å². The molecular formula is C11H21N3O2. The van der Waals surface area contributed by atoms with Gasteiger partial charge in [0.2, 0.25) is 0 Å². The first-order valence-electron chi connectivity index (χ1n) is 5.91. The number of hydrogen-bond donors (Lipinski definition) is 0. The molecule has 3 fully saturated rings. The topological polar surface area (TPSA) is 36.0 Å². The molecule has 0 aliphatic carbocycles. The quantitative estimate of drug-likeness (QED) is 0.477. The fourth-order valence-electron chi connectivity index (χ4n) is 2.19. The summed E-state index contributed by atoms with van der Waals surface area (Å²) in [6.45, 7) is 6.90. The Bertz CT molecular complexity index is 262. The van der Waals surface area contributed by atoms with Crippen LogP contribution in [0.15, 0.2) is 0 Å². The van der Waals surface area contributed by atoms with Crippen molar-refractivity contribution >= 4 is 5.97 Å². The molecule has 0 spiro atoms. The highest BCUT2D eigenvalue weighted by molar-refractivity contribution is 5.76. The highest BCUT2D eigenvalue weighted by Crippen LogP contribution is 2.17. The van der Waals surface area contributed by atoms with Gasteiger partial charge in [0.25, 0.3) is 0 Å². The normalized spacial score (nSPS) is 35.1. The smallest absolute Gasteiger partial charge is 0.326 e. The maximum Gasteiger partial charge on any atom is 0.326 e. The van der Waals surface area contributed by atoms with E-state index in [1.807, 2.05) is 25.9 Å². The summed E-state index contributed by atoms with van der Waals surface area (Å²) >= 11 is 0. The predicted molar refractivity (Wildman–Crippen MR) is 61.0 cm³/mol. The molecule has 0 aromatic carbocycles. The van der Waals surface area contributed by atoms with Crippen LogP contribution in [0.1, 0.15) is 6.92 Å². The van der Waals surface area contributed by atoms with Gasteiger partial charge in [-0.1, -0.05) is 0 Å². The second-order valence-electron chi connectivity index (χ2n) is 4.85. The van der Waals surface area contributed by atoms with E-state index in [4.69, 9.17) is 4.74 Å². The lowest BCUT2D eigenvalue weighted by atomic mass is 10.1. The van der Waals surface area contributed by atoms with Crippen LogP contribution in [0.2, 0.25) is 0 Å².